The molecule has 0 bridgehead atoms. The number of rotatable bonds is 1. The van der Waals surface area contributed by atoms with Crippen molar-refractivity contribution in [2.24, 2.45) is 0 Å². The molecule has 0 rings (SSSR count). The summed E-state index contributed by atoms with van der Waals surface area (Å²) < 4.78 is 0. The first-order valence-corrected chi connectivity index (χ1v) is 1.53. The summed E-state index contributed by atoms with van der Waals surface area (Å²) in [6.45, 7) is 4.60. The molecule has 0 unspecified atom stereocenters. The van der Waals surface area contributed by atoms with Crippen LogP contribution in [0.1, 0.15) is 6.92 Å². The Morgan fingerprint density at radius 3 is 1.86 bits per heavy atom. The Labute approximate surface area is 56.5 Å². The first kappa shape index (κ1) is 10.0. The van der Waals surface area contributed by atoms with Crippen molar-refractivity contribution < 1.29 is 31.0 Å². The molecule has 0 radical (unpaired) electrons. The van der Waals surface area contributed by atoms with Crippen LogP contribution in [0.3, 0.4) is 0 Å². The third-order valence-corrected chi connectivity index (χ3v) is 0.365. The monoisotopic (exact) mass is 270 g/mol. The van der Waals surface area contributed by atoms with Crippen molar-refractivity contribution in [2.45, 2.75) is 6.92 Å². The number of carboxylic acids is 1. The fourth-order valence-corrected chi connectivity index (χ4v) is 0. The van der Waals surface area contributed by atoms with Crippen molar-refractivity contribution in [3.63, 3.8) is 0 Å². The van der Waals surface area contributed by atoms with Gasteiger partial charge in [-0.1, -0.05) is 6.58 Å². The molecule has 0 aromatic carbocycles. The van der Waals surface area contributed by atoms with Crippen molar-refractivity contribution in [3.05, 3.63) is 12.2 Å². The third-order valence-electron chi connectivity index (χ3n) is 0.365. The van der Waals surface area contributed by atoms with E-state index in [0.29, 0.717) is 0 Å². The average Bonchev–Trinajstić information content (AvgIpc) is 1.36. The van der Waals surface area contributed by atoms with Crippen molar-refractivity contribution in [3.8, 4) is 0 Å². The van der Waals surface area contributed by atoms with Gasteiger partial charge in [0.1, 0.15) is 0 Å². The second-order valence-corrected chi connectivity index (χ2v) is 1.09. The maximum atomic E-state index is 9.60. The molecule has 0 spiro atoms. The van der Waals surface area contributed by atoms with Gasteiger partial charge in [0.2, 0.25) is 0 Å². The van der Waals surface area contributed by atoms with Gasteiger partial charge in [0, 0.05) is 26.6 Å². The Bertz CT molecular complexity index is 75.7. The van der Waals surface area contributed by atoms with Gasteiger partial charge in [-0.05, 0) is 6.92 Å². The number of hydrogen-bond donors (Lipinski definition) is 1. The zero-order chi connectivity index (χ0) is 5.15. The zero-order valence-corrected chi connectivity index (χ0v) is 6.90. The molecule has 0 aliphatic heterocycles. The molecule has 0 atom stereocenters. The molecule has 3 heteroatoms. The summed E-state index contributed by atoms with van der Waals surface area (Å²) in [5.41, 5.74) is 0.176. The quantitative estimate of drug-likeness (QED) is 0.710. The van der Waals surface area contributed by atoms with E-state index in [1.54, 1.807) is 0 Å². The molecular formula is C4H6O2W. The number of aliphatic carboxylic acids is 1. The van der Waals surface area contributed by atoms with Gasteiger partial charge in [0.15, 0.2) is 0 Å². The van der Waals surface area contributed by atoms with E-state index < -0.39 is 5.97 Å². The summed E-state index contributed by atoms with van der Waals surface area (Å²) in [5.74, 6) is -0.935. The molecule has 0 aromatic rings. The van der Waals surface area contributed by atoms with Gasteiger partial charge in [-0.15, -0.1) is 0 Å². The Hall–Kier alpha value is -0.102. The smallest absolute Gasteiger partial charge is 0.330 e. The van der Waals surface area contributed by atoms with Gasteiger partial charge in [-0.2, -0.15) is 0 Å². The minimum Gasteiger partial charge on any atom is -0.478 e. The summed E-state index contributed by atoms with van der Waals surface area (Å²) in [4.78, 5) is 9.60. The largest absolute Gasteiger partial charge is 0.478 e. The first-order chi connectivity index (χ1) is 2.64. The van der Waals surface area contributed by atoms with E-state index in [1.807, 2.05) is 0 Å². The third kappa shape index (κ3) is 5.90. The van der Waals surface area contributed by atoms with E-state index in [-0.39, 0.29) is 26.6 Å². The van der Waals surface area contributed by atoms with E-state index >= 15 is 0 Å². The van der Waals surface area contributed by atoms with Crippen LogP contribution in [0.5, 0.6) is 0 Å². The van der Waals surface area contributed by atoms with Crippen molar-refractivity contribution >= 4 is 5.97 Å². The molecule has 7 heavy (non-hydrogen) atoms. The van der Waals surface area contributed by atoms with Gasteiger partial charge in [0.25, 0.3) is 0 Å². The molecule has 0 aromatic heterocycles. The second kappa shape index (κ2) is 4.07. The van der Waals surface area contributed by atoms with E-state index in [4.69, 9.17) is 5.11 Å². The van der Waals surface area contributed by atoms with Gasteiger partial charge in [-0.3, -0.25) is 0 Å². The molecule has 0 aliphatic rings. The van der Waals surface area contributed by atoms with Crippen molar-refractivity contribution in [2.75, 3.05) is 0 Å². The van der Waals surface area contributed by atoms with E-state index in [9.17, 15) is 4.79 Å². The van der Waals surface area contributed by atoms with Crippen LogP contribution >= 0.6 is 0 Å². The van der Waals surface area contributed by atoms with E-state index in [2.05, 4.69) is 6.58 Å². The summed E-state index contributed by atoms with van der Waals surface area (Å²) in [7, 11) is 0. The topological polar surface area (TPSA) is 37.3 Å². The first-order valence-electron chi connectivity index (χ1n) is 1.53. The van der Waals surface area contributed by atoms with Crippen LogP contribution in [0.25, 0.3) is 0 Å². The Balaban J connectivity index is 0. The van der Waals surface area contributed by atoms with Gasteiger partial charge in [-0.25, -0.2) is 4.79 Å². The predicted molar refractivity (Wildman–Crippen MR) is 22.4 cm³/mol. The summed E-state index contributed by atoms with van der Waals surface area (Å²) >= 11 is 0. The minimum atomic E-state index is -0.935. The molecule has 0 saturated carbocycles. The van der Waals surface area contributed by atoms with Crippen molar-refractivity contribution in [1.29, 1.82) is 0 Å². The number of carbonyl (C=O) groups is 1. The number of carboxylic acid groups (broad SMARTS) is 1. The van der Waals surface area contributed by atoms with Gasteiger partial charge < -0.3 is 5.11 Å². The van der Waals surface area contributed by atoms with Crippen LogP contribution in [0.2, 0.25) is 0 Å². The average molecular weight is 270 g/mol. The fourth-order valence-electron chi connectivity index (χ4n) is 0. The molecule has 2 nitrogen and oxygen atoms in total. The van der Waals surface area contributed by atoms with Crippen LogP contribution in [0.4, 0.5) is 0 Å². The predicted octanol–water partition coefficient (Wildman–Crippen LogP) is 0.645. The van der Waals surface area contributed by atoms with E-state index in [1.165, 1.54) is 6.92 Å². The van der Waals surface area contributed by atoms with Gasteiger partial charge in [0.05, 0.1) is 0 Å². The summed E-state index contributed by atoms with van der Waals surface area (Å²) in [6.07, 6.45) is 0. The maximum Gasteiger partial charge on any atom is 0.330 e. The van der Waals surface area contributed by atoms with Crippen LogP contribution in [0.15, 0.2) is 12.2 Å². The van der Waals surface area contributed by atoms with Crippen LogP contribution in [-0.2, 0) is 25.9 Å². The van der Waals surface area contributed by atoms with Gasteiger partial charge >= 0.3 is 5.97 Å². The zero-order valence-electron chi connectivity index (χ0n) is 3.97. The van der Waals surface area contributed by atoms with E-state index in [0.717, 1.165) is 0 Å². The normalized spacial score (nSPS) is 6.43. The fraction of sp³-hybridized carbons (Fsp3) is 0.250. The molecular weight excluding hydrogens is 264 g/mol. The van der Waals surface area contributed by atoms with Crippen LogP contribution in [-0.4, -0.2) is 11.1 Å². The second-order valence-electron chi connectivity index (χ2n) is 1.09. The Morgan fingerprint density at radius 2 is 1.86 bits per heavy atom. The molecule has 0 heterocycles. The summed E-state index contributed by atoms with van der Waals surface area (Å²) in [5, 5.41) is 7.89. The van der Waals surface area contributed by atoms with Crippen molar-refractivity contribution in [1.82, 2.24) is 0 Å². The molecule has 0 saturated heterocycles. The standard InChI is InChI=1S/C4H6O2.W/c1-3(2)4(5)6;/h1H2,2H3,(H,5,6);. The molecule has 0 amide bonds. The molecule has 0 aliphatic carbocycles. The Morgan fingerprint density at radius 1 is 1.71 bits per heavy atom. The summed E-state index contributed by atoms with van der Waals surface area (Å²) in [6, 6.07) is 0. The molecule has 40 valence electrons. The number of hydrogen-bond acceptors (Lipinski definition) is 1. The molecule has 0 fully saturated rings. The molecule has 1 N–H and O–H groups in total. The maximum absolute atomic E-state index is 9.60. The SMILES string of the molecule is C=C(C)C(=O)O.[W]. The Kier molecular flexibility index (Phi) is 5.81. The van der Waals surface area contributed by atoms with Crippen LogP contribution < -0.4 is 0 Å². The van der Waals surface area contributed by atoms with Crippen LogP contribution in [0, 0.1) is 0 Å². The minimum absolute atomic E-state index is 0.